The van der Waals surface area contributed by atoms with Crippen molar-refractivity contribution in [2.45, 2.75) is 161 Å². The van der Waals surface area contributed by atoms with E-state index < -0.39 is 52.5 Å². The Morgan fingerprint density at radius 1 is 1.00 bits per heavy atom. The van der Waals surface area contributed by atoms with Crippen molar-refractivity contribution < 1.29 is 38.9 Å². The summed E-state index contributed by atoms with van der Waals surface area (Å²) in [5.74, 6) is -3.61. The number of methoxy groups -OCH3 is 1. The molecule has 0 aromatic carbocycles. The van der Waals surface area contributed by atoms with Crippen LogP contribution in [0.15, 0.2) is 22.8 Å². The van der Waals surface area contributed by atoms with Gasteiger partial charge < -0.3 is 19.7 Å². The molecule has 2 aliphatic heterocycles. The van der Waals surface area contributed by atoms with E-state index in [1.165, 1.54) is 7.11 Å². The normalized spacial score (nSPS) is 41.6. The quantitative estimate of drug-likeness (QED) is 0.171. The molecule has 2 aliphatic carbocycles. The van der Waals surface area contributed by atoms with Crippen LogP contribution >= 0.6 is 11.6 Å². The third kappa shape index (κ3) is 8.50. The first-order valence-electron chi connectivity index (χ1n) is 19.0. The average molecular weight is 719 g/mol. The highest BCUT2D eigenvalue weighted by atomic mass is 35.5. The van der Waals surface area contributed by atoms with Gasteiger partial charge in [0.15, 0.2) is 0 Å². The zero-order chi connectivity index (χ0) is 37.3. The Bertz CT molecular complexity index is 1360. The van der Waals surface area contributed by atoms with Crippen LogP contribution in [0.25, 0.3) is 0 Å². The second kappa shape index (κ2) is 16.0. The molecule has 282 valence electrons. The summed E-state index contributed by atoms with van der Waals surface area (Å²) >= 11 is 7.00. The van der Waals surface area contributed by atoms with Crippen LogP contribution in [0, 0.1) is 40.9 Å². The van der Waals surface area contributed by atoms with Crippen molar-refractivity contribution in [3.63, 3.8) is 0 Å². The molecule has 0 radical (unpaired) electrons. The van der Waals surface area contributed by atoms with Gasteiger partial charge in [0.1, 0.15) is 17.3 Å². The number of Topliss-reactive ketones (excluding diaryl/α,β-unsaturated/α-hetero) is 3. The Balaban J connectivity index is 1.95. The first-order valence-corrected chi connectivity index (χ1v) is 19.5. The summed E-state index contributed by atoms with van der Waals surface area (Å²) in [6.07, 6.45) is 5.09. The summed E-state index contributed by atoms with van der Waals surface area (Å²) in [4.78, 5) is 57.2. The van der Waals surface area contributed by atoms with Crippen molar-refractivity contribution in [2.24, 2.45) is 40.9 Å². The lowest BCUT2D eigenvalue weighted by molar-refractivity contribution is -0.165. The van der Waals surface area contributed by atoms with Crippen LogP contribution in [0.5, 0.6) is 0 Å². The highest BCUT2D eigenvalue weighted by Gasteiger charge is 2.59. The number of rotatable bonds is 2. The van der Waals surface area contributed by atoms with Gasteiger partial charge >= 0.3 is 5.97 Å². The molecule has 4 aliphatic rings. The van der Waals surface area contributed by atoms with Crippen molar-refractivity contribution in [2.75, 3.05) is 7.11 Å². The maximum atomic E-state index is 14.9. The number of ether oxygens (including phenoxy) is 2. The van der Waals surface area contributed by atoms with E-state index >= 15 is 0 Å². The summed E-state index contributed by atoms with van der Waals surface area (Å²) in [6, 6.07) is 0. The van der Waals surface area contributed by atoms with Crippen LogP contribution in [-0.2, 0) is 28.7 Å². The summed E-state index contributed by atoms with van der Waals surface area (Å²) < 4.78 is 12.0. The number of fused-ring (bicyclic) bond motifs is 5. The Kier molecular flexibility index (Phi) is 13.1. The Hall–Kier alpha value is -1.87. The SMILES string of the molecule is COC(=O)[C@]12CC(=O)[C@H](C(C)C)CC(=O)[C@H](C)CCC[C@H](C)CC(=O)[C@H]1[C@H]1C=C(C)CC[C@H](Cl)[C@@]3(C)CC[C@@H](O3)[C@@](C)(O)C[C@@H](O)C1=C(C)C2. The zero-order valence-corrected chi connectivity index (χ0v) is 32.7. The van der Waals surface area contributed by atoms with E-state index in [9.17, 15) is 29.4 Å². The number of aliphatic hydroxyl groups excluding tert-OH is 1. The van der Waals surface area contributed by atoms with E-state index in [1.807, 2.05) is 54.5 Å². The Labute approximate surface area is 305 Å². The minimum absolute atomic E-state index is 0.0198. The molecule has 1 saturated heterocycles. The van der Waals surface area contributed by atoms with Crippen molar-refractivity contribution >= 4 is 34.9 Å². The first-order chi connectivity index (χ1) is 23.3. The van der Waals surface area contributed by atoms with E-state index in [-0.39, 0.29) is 72.6 Å². The molecule has 11 atom stereocenters. The molecule has 2 N–H and O–H groups in total. The number of hydrogen-bond donors (Lipinski definition) is 2. The number of halogens is 1. The molecule has 50 heavy (non-hydrogen) atoms. The van der Waals surface area contributed by atoms with Crippen LogP contribution in [0.4, 0.5) is 0 Å². The molecule has 0 amide bonds. The van der Waals surface area contributed by atoms with Crippen LogP contribution in [0.2, 0.25) is 0 Å². The number of carbonyl (C=O) groups is 4. The van der Waals surface area contributed by atoms with Crippen molar-refractivity contribution in [3.05, 3.63) is 22.8 Å². The summed E-state index contributed by atoms with van der Waals surface area (Å²) in [5, 5.41) is 23.7. The average Bonchev–Trinajstić information content (AvgIpc) is 3.44. The van der Waals surface area contributed by atoms with Gasteiger partial charge in [0.25, 0.3) is 0 Å². The van der Waals surface area contributed by atoms with Gasteiger partial charge in [-0.2, -0.15) is 0 Å². The van der Waals surface area contributed by atoms with Crippen molar-refractivity contribution in [3.8, 4) is 0 Å². The molecule has 0 unspecified atom stereocenters. The molecule has 0 aromatic heterocycles. The molecule has 0 aromatic rings. The number of ketones is 3. The van der Waals surface area contributed by atoms with Gasteiger partial charge in [-0.15, -0.1) is 11.6 Å². The Morgan fingerprint density at radius 2 is 1.68 bits per heavy atom. The maximum absolute atomic E-state index is 14.9. The van der Waals surface area contributed by atoms with Gasteiger partial charge in [-0.05, 0) is 83.6 Å². The van der Waals surface area contributed by atoms with Gasteiger partial charge in [0, 0.05) is 49.4 Å². The predicted molar refractivity (Wildman–Crippen MR) is 195 cm³/mol. The standard InChI is InChI=1S/C41H63ClO8/c1-23(2)28-19-30(43)26(5)12-10-11-24(3)18-31(44)37-29-17-25(4)13-14-34(42)40(8)16-15-35(50-40)39(7,48)21-33(46)36(29)27(6)20-41(37,22-32(28)45)38(47)49-9/h17,23-24,26,28-29,33-35,37,46,48H,10-16,18-22H2,1-9H3/t24-,26+,28-,29-,33+,34-,35+,37+,39-,40+,41+/m0/s1. The lowest BCUT2D eigenvalue weighted by Gasteiger charge is -2.48. The number of aliphatic hydroxyl groups is 2. The van der Waals surface area contributed by atoms with Crippen LogP contribution < -0.4 is 0 Å². The highest BCUT2D eigenvalue weighted by Crippen LogP contribution is 2.55. The fraction of sp³-hybridized carbons (Fsp3) is 0.805. The minimum Gasteiger partial charge on any atom is -0.469 e. The van der Waals surface area contributed by atoms with Crippen LogP contribution in [0.3, 0.4) is 0 Å². The fourth-order valence-corrected chi connectivity index (χ4v) is 9.91. The van der Waals surface area contributed by atoms with Crippen molar-refractivity contribution in [1.82, 2.24) is 0 Å². The van der Waals surface area contributed by atoms with E-state index in [1.54, 1.807) is 6.92 Å². The molecule has 8 nitrogen and oxygen atoms in total. The van der Waals surface area contributed by atoms with Gasteiger partial charge in [-0.25, -0.2) is 0 Å². The molecule has 2 fully saturated rings. The first kappa shape index (κ1) is 40.9. The lowest BCUT2D eigenvalue weighted by Crippen LogP contribution is -2.53. The van der Waals surface area contributed by atoms with Gasteiger partial charge in [-0.1, -0.05) is 57.8 Å². The minimum atomic E-state index is -1.54. The summed E-state index contributed by atoms with van der Waals surface area (Å²) in [7, 11) is 1.30. The molecule has 2 bridgehead atoms. The molecular formula is C41H63ClO8. The maximum Gasteiger partial charge on any atom is 0.313 e. The van der Waals surface area contributed by atoms with E-state index in [0.29, 0.717) is 43.3 Å². The number of carbonyl (C=O) groups excluding carboxylic acids is 4. The van der Waals surface area contributed by atoms with Gasteiger partial charge in [0.05, 0.1) is 41.3 Å². The fourth-order valence-electron chi connectivity index (χ4n) is 9.64. The number of hydrogen-bond acceptors (Lipinski definition) is 8. The molecule has 9 heteroatoms. The zero-order valence-electron chi connectivity index (χ0n) is 32.0. The third-order valence-electron chi connectivity index (χ3n) is 12.8. The van der Waals surface area contributed by atoms with Crippen LogP contribution in [-0.4, -0.2) is 69.4 Å². The van der Waals surface area contributed by atoms with Crippen LogP contribution in [0.1, 0.15) is 132 Å². The smallest absolute Gasteiger partial charge is 0.313 e. The largest absolute Gasteiger partial charge is 0.469 e. The summed E-state index contributed by atoms with van der Waals surface area (Å²) in [5.41, 5.74) is -1.32. The second-order valence-corrected chi connectivity index (χ2v) is 17.9. The molecule has 1 saturated carbocycles. The Morgan fingerprint density at radius 3 is 2.32 bits per heavy atom. The molecule has 0 spiro atoms. The number of esters is 1. The second-order valence-electron chi connectivity index (χ2n) is 17.4. The van der Waals surface area contributed by atoms with E-state index in [4.69, 9.17) is 21.1 Å². The molecular weight excluding hydrogens is 656 g/mol. The topological polar surface area (TPSA) is 127 Å². The summed E-state index contributed by atoms with van der Waals surface area (Å²) in [6.45, 7) is 15.3. The predicted octanol–water partition coefficient (Wildman–Crippen LogP) is 7.49. The lowest BCUT2D eigenvalue weighted by atomic mass is 9.54. The molecule has 2 heterocycles. The monoisotopic (exact) mass is 718 g/mol. The number of allylic oxidation sites excluding steroid dienone is 3. The number of alkyl halides is 1. The van der Waals surface area contributed by atoms with Gasteiger partial charge in [0.2, 0.25) is 0 Å². The highest BCUT2D eigenvalue weighted by molar-refractivity contribution is 6.21. The van der Waals surface area contributed by atoms with E-state index in [2.05, 4.69) is 0 Å². The molecule has 4 rings (SSSR count). The van der Waals surface area contributed by atoms with Gasteiger partial charge in [-0.3, -0.25) is 19.2 Å². The van der Waals surface area contributed by atoms with E-state index in [0.717, 1.165) is 18.4 Å². The third-order valence-corrected chi connectivity index (χ3v) is 13.5. The van der Waals surface area contributed by atoms with Crippen molar-refractivity contribution in [1.29, 1.82) is 0 Å².